The summed E-state index contributed by atoms with van der Waals surface area (Å²) in [6.07, 6.45) is 8.37. The highest BCUT2D eigenvalue weighted by atomic mass is 16.5. The number of fused-ring (bicyclic) bond motifs is 2. The Morgan fingerprint density at radius 2 is 2.15 bits per heavy atom. The highest BCUT2D eigenvalue weighted by Crippen LogP contribution is 2.58. The predicted molar refractivity (Wildman–Crippen MR) is 96.4 cm³/mol. The molecule has 0 radical (unpaired) electrons. The maximum atomic E-state index is 12.5. The first-order chi connectivity index (χ1) is 12.4. The van der Waals surface area contributed by atoms with Gasteiger partial charge in [0.2, 0.25) is 0 Å². The molecule has 0 N–H and O–H groups in total. The molecule has 6 rings (SSSR count). The van der Waals surface area contributed by atoms with Crippen LogP contribution in [0.3, 0.4) is 0 Å². The number of Topliss-reactive ketones (excluding diaryl/α,β-unsaturated/α-hetero) is 1. The molecular formula is C20H22N4O2. The Balaban J connectivity index is 1.46. The standard InChI is InChI=1S/C20H22N4O2/c1-13-6-14(7-16(25)15-4-5-23(3)22-15)8-24-9-17(21-18(13)24)20-10-19(2,11-20)26-12-20/h4-6,8-9H,7,10-12H2,1-3H3. The Labute approximate surface area is 151 Å². The van der Waals surface area contributed by atoms with Crippen molar-refractivity contribution in [3.8, 4) is 0 Å². The maximum absolute atomic E-state index is 12.5. The summed E-state index contributed by atoms with van der Waals surface area (Å²) in [6.45, 7) is 4.99. The molecule has 6 nitrogen and oxygen atoms in total. The van der Waals surface area contributed by atoms with Crippen molar-refractivity contribution < 1.29 is 9.53 Å². The Kier molecular flexibility index (Phi) is 3.05. The summed E-state index contributed by atoms with van der Waals surface area (Å²) in [5.41, 5.74) is 4.77. The Morgan fingerprint density at radius 3 is 2.81 bits per heavy atom. The van der Waals surface area contributed by atoms with Gasteiger partial charge in [0, 0.05) is 37.5 Å². The van der Waals surface area contributed by atoms with Gasteiger partial charge in [0.25, 0.3) is 0 Å². The van der Waals surface area contributed by atoms with Gasteiger partial charge in [0.05, 0.1) is 17.9 Å². The molecule has 6 heteroatoms. The lowest BCUT2D eigenvalue weighted by atomic mass is 9.62. The first kappa shape index (κ1) is 15.8. The summed E-state index contributed by atoms with van der Waals surface area (Å²) >= 11 is 0. The molecular weight excluding hydrogens is 328 g/mol. The number of nitrogens with zero attached hydrogens (tertiary/aromatic N) is 4. The average molecular weight is 350 g/mol. The number of hydrogen-bond donors (Lipinski definition) is 0. The van der Waals surface area contributed by atoms with E-state index in [2.05, 4.69) is 35.6 Å². The van der Waals surface area contributed by atoms with Crippen LogP contribution in [0.5, 0.6) is 0 Å². The van der Waals surface area contributed by atoms with Crippen LogP contribution in [-0.2, 0) is 23.6 Å². The van der Waals surface area contributed by atoms with Crippen molar-refractivity contribution in [1.82, 2.24) is 19.2 Å². The highest BCUT2D eigenvalue weighted by Gasteiger charge is 2.61. The number of aromatic nitrogens is 4. The van der Waals surface area contributed by atoms with Crippen LogP contribution in [-0.4, -0.2) is 37.2 Å². The summed E-state index contributed by atoms with van der Waals surface area (Å²) < 4.78 is 9.64. The van der Waals surface area contributed by atoms with Gasteiger partial charge in [0.1, 0.15) is 11.3 Å². The fourth-order valence-electron chi connectivity index (χ4n) is 4.69. The molecule has 0 amide bonds. The van der Waals surface area contributed by atoms with E-state index in [0.717, 1.165) is 41.9 Å². The Hall–Kier alpha value is -2.47. The third kappa shape index (κ3) is 2.25. The zero-order valence-corrected chi connectivity index (χ0v) is 15.3. The lowest BCUT2D eigenvalue weighted by molar-refractivity contribution is 0.0154. The molecule has 0 aromatic carbocycles. The Morgan fingerprint density at radius 1 is 1.35 bits per heavy atom. The van der Waals surface area contributed by atoms with E-state index in [0.29, 0.717) is 12.1 Å². The van der Waals surface area contributed by atoms with Gasteiger partial charge in [0.15, 0.2) is 5.78 Å². The smallest absolute Gasteiger partial charge is 0.187 e. The molecule has 26 heavy (non-hydrogen) atoms. The minimum atomic E-state index is 0.0298. The normalized spacial score (nSPS) is 27.0. The summed E-state index contributed by atoms with van der Waals surface area (Å²) in [5.74, 6) is 0.0298. The van der Waals surface area contributed by atoms with Crippen molar-refractivity contribution in [2.24, 2.45) is 7.05 Å². The molecule has 0 atom stereocenters. The van der Waals surface area contributed by atoms with Crippen molar-refractivity contribution in [3.05, 3.63) is 53.2 Å². The van der Waals surface area contributed by atoms with Crippen LogP contribution >= 0.6 is 0 Å². The number of hydrogen-bond acceptors (Lipinski definition) is 4. The molecule has 3 aromatic heterocycles. The van der Waals surface area contributed by atoms with Crippen molar-refractivity contribution in [2.45, 2.75) is 44.1 Å². The molecule has 0 unspecified atom stereocenters. The third-order valence-corrected chi connectivity index (χ3v) is 5.82. The minimum Gasteiger partial charge on any atom is -0.374 e. The number of pyridine rings is 1. The first-order valence-corrected chi connectivity index (χ1v) is 9.01. The molecule has 134 valence electrons. The lowest BCUT2D eigenvalue weighted by Crippen LogP contribution is -2.45. The molecule has 1 aliphatic carbocycles. The van der Waals surface area contributed by atoms with Gasteiger partial charge in [-0.05, 0) is 43.9 Å². The average Bonchev–Trinajstić information content (AvgIpc) is 3.28. The van der Waals surface area contributed by atoms with E-state index in [-0.39, 0.29) is 16.8 Å². The predicted octanol–water partition coefficient (Wildman–Crippen LogP) is 2.62. The monoisotopic (exact) mass is 350 g/mol. The lowest BCUT2D eigenvalue weighted by Gasteiger charge is -2.41. The minimum absolute atomic E-state index is 0.0298. The summed E-state index contributed by atoms with van der Waals surface area (Å²) in [7, 11) is 1.82. The second-order valence-corrected chi connectivity index (χ2v) is 8.24. The fraction of sp³-hybridized carbons (Fsp3) is 0.450. The zero-order chi connectivity index (χ0) is 18.1. The number of imidazole rings is 1. The maximum Gasteiger partial charge on any atom is 0.187 e. The number of rotatable bonds is 4. The molecule has 2 saturated heterocycles. The molecule has 3 aromatic rings. The SMILES string of the molecule is Cc1cc(CC(=O)c2ccn(C)n2)cn2cc(C34COC(C)(C3)C4)nc12. The van der Waals surface area contributed by atoms with Crippen LogP contribution in [0.2, 0.25) is 0 Å². The zero-order valence-electron chi connectivity index (χ0n) is 15.3. The summed E-state index contributed by atoms with van der Waals surface area (Å²) in [4.78, 5) is 17.4. The second-order valence-electron chi connectivity index (χ2n) is 8.24. The van der Waals surface area contributed by atoms with Gasteiger partial charge in [-0.2, -0.15) is 5.10 Å². The number of carbonyl (C=O) groups excluding carboxylic acids is 1. The van der Waals surface area contributed by atoms with E-state index in [4.69, 9.17) is 9.72 Å². The van der Waals surface area contributed by atoms with Crippen LogP contribution in [0.15, 0.2) is 30.7 Å². The van der Waals surface area contributed by atoms with Gasteiger partial charge in [-0.1, -0.05) is 6.07 Å². The quantitative estimate of drug-likeness (QED) is 0.679. The van der Waals surface area contributed by atoms with E-state index >= 15 is 0 Å². The van der Waals surface area contributed by atoms with Crippen molar-refractivity contribution >= 4 is 11.4 Å². The van der Waals surface area contributed by atoms with Crippen LogP contribution in [0.25, 0.3) is 5.65 Å². The van der Waals surface area contributed by atoms with E-state index < -0.39 is 0 Å². The molecule has 5 heterocycles. The fourth-order valence-corrected chi connectivity index (χ4v) is 4.69. The summed E-state index contributed by atoms with van der Waals surface area (Å²) in [5, 5.41) is 4.20. The molecule has 2 aliphatic heterocycles. The van der Waals surface area contributed by atoms with Crippen molar-refractivity contribution in [3.63, 3.8) is 0 Å². The van der Waals surface area contributed by atoms with Gasteiger partial charge in [-0.15, -0.1) is 0 Å². The third-order valence-electron chi connectivity index (χ3n) is 5.82. The van der Waals surface area contributed by atoms with Crippen LogP contribution in [0.4, 0.5) is 0 Å². The van der Waals surface area contributed by atoms with E-state index in [9.17, 15) is 4.79 Å². The van der Waals surface area contributed by atoms with Crippen molar-refractivity contribution in [2.75, 3.05) is 6.61 Å². The van der Waals surface area contributed by atoms with Gasteiger partial charge < -0.3 is 9.14 Å². The van der Waals surface area contributed by atoms with Gasteiger partial charge in [-0.3, -0.25) is 9.48 Å². The molecule has 2 bridgehead atoms. The number of ether oxygens (including phenoxy) is 1. The van der Waals surface area contributed by atoms with E-state index in [1.165, 1.54) is 0 Å². The highest BCUT2D eigenvalue weighted by molar-refractivity contribution is 5.95. The van der Waals surface area contributed by atoms with Gasteiger partial charge in [-0.25, -0.2) is 4.98 Å². The summed E-state index contributed by atoms with van der Waals surface area (Å²) in [6, 6.07) is 3.82. The topological polar surface area (TPSA) is 61.4 Å². The van der Waals surface area contributed by atoms with E-state index in [1.54, 1.807) is 16.9 Å². The van der Waals surface area contributed by atoms with E-state index in [1.807, 2.05) is 13.2 Å². The molecule has 3 aliphatic rings. The number of ketones is 1. The van der Waals surface area contributed by atoms with Crippen LogP contribution in [0.1, 0.15) is 47.1 Å². The van der Waals surface area contributed by atoms with Crippen LogP contribution in [0, 0.1) is 6.92 Å². The molecule has 3 fully saturated rings. The second kappa shape index (κ2) is 5.04. The molecule has 1 saturated carbocycles. The molecule has 0 spiro atoms. The number of carbonyl (C=O) groups is 1. The first-order valence-electron chi connectivity index (χ1n) is 9.01. The Bertz CT molecular complexity index is 1040. The van der Waals surface area contributed by atoms with Crippen molar-refractivity contribution in [1.29, 1.82) is 0 Å². The largest absolute Gasteiger partial charge is 0.374 e. The van der Waals surface area contributed by atoms with Crippen LogP contribution < -0.4 is 0 Å². The van der Waals surface area contributed by atoms with Gasteiger partial charge >= 0.3 is 0 Å². The number of aryl methyl sites for hydroxylation is 2.